The lowest BCUT2D eigenvalue weighted by Crippen LogP contribution is -1.79. The molecule has 0 saturated heterocycles. The van der Waals surface area contributed by atoms with Crippen LogP contribution in [0.1, 0.15) is 0 Å². The summed E-state index contributed by atoms with van der Waals surface area (Å²) in [4.78, 5) is 9.99. The van der Waals surface area contributed by atoms with Gasteiger partial charge in [-0.3, -0.25) is 4.79 Å². The maximum Gasteiger partial charge on any atom is 0.162 e. The van der Waals surface area contributed by atoms with Gasteiger partial charge in [0, 0.05) is 0 Å². The largest absolute Gasteiger partial charge is 0.297 e. The molecule has 48 valence electrons. The number of allylic oxidation sites excluding steroid dienone is 1. The Morgan fingerprint density at radius 1 is 1.89 bits per heavy atom. The predicted octanol–water partition coefficient (Wildman–Crippen LogP) is 1.21. The van der Waals surface area contributed by atoms with Crippen LogP contribution in [0.3, 0.4) is 0 Å². The van der Waals surface area contributed by atoms with E-state index in [0.717, 1.165) is 0 Å². The molecule has 0 aliphatic carbocycles. The number of rotatable bonds is 2. The van der Waals surface area contributed by atoms with Crippen molar-refractivity contribution in [1.82, 2.24) is 0 Å². The monoisotopic (exact) mass is 159 g/mol. The number of carbonyl (C=O) groups excluding carboxylic acids is 1. The zero-order chi connectivity index (χ0) is 7.28. The lowest BCUT2D eigenvalue weighted by molar-refractivity contribution is -0.104. The van der Waals surface area contributed by atoms with Gasteiger partial charge in [-0.1, -0.05) is 0 Å². The van der Waals surface area contributed by atoms with E-state index in [9.17, 15) is 4.79 Å². The first-order valence-corrected chi connectivity index (χ1v) is 3.76. The molecule has 0 atom stereocenters. The summed E-state index contributed by atoms with van der Waals surface area (Å²) in [6, 6.07) is 1.72. The van der Waals surface area contributed by atoms with Crippen LogP contribution in [0.4, 0.5) is 0 Å². The summed E-state index contributed by atoms with van der Waals surface area (Å²) in [5, 5.41) is 8.23. The summed E-state index contributed by atoms with van der Waals surface area (Å²) in [6.45, 7) is 0. The van der Waals surface area contributed by atoms with Gasteiger partial charge in [0.15, 0.2) is 6.29 Å². The van der Waals surface area contributed by atoms with Crippen LogP contribution in [-0.2, 0) is 4.79 Å². The van der Waals surface area contributed by atoms with Gasteiger partial charge in [0.25, 0.3) is 0 Å². The lowest BCUT2D eigenvalue weighted by Gasteiger charge is -1.89. The molecule has 0 rings (SSSR count). The van der Waals surface area contributed by atoms with E-state index in [-0.39, 0.29) is 5.57 Å². The van der Waals surface area contributed by atoms with E-state index in [1.165, 1.54) is 11.8 Å². The highest BCUT2D eigenvalue weighted by Crippen LogP contribution is 2.18. The third-order valence-electron chi connectivity index (χ3n) is 0.662. The normalized spacial score (nSPS) is 11.7. The summed E-state index contributed by atoms with van der Waals surface area (Å²) < 4.78 is 0.465. The Hall–Kier alpha value is -0.400. The topological polar surface area (TPSA) is 40.9 Å². The van der Waals surface area contributed by atoms with Crippen molar-refractivity contribution in [3.63, 3.8) is 0 Å². The fourth-order valence-electron chi connectivity index (χ4n) is 0.235. The van der Waals surface area contributed by atoms with Gasteiger partial charge in [-0.2, -0.15) is 5.26 Å². The number of thioether (sulfide) groups is 1. The Labute approximate surface area is 63.3 Å². The highest BCUT2D eigenvalue weighted by atomic mass is 32.2. The maximum absolute atomic E-state index is 9.99. The van der Waals surface area contributed by atoms with Crippen LogP contribution in [-0.4, -0.2) is 12.5 Å². The Balaban J connectivity index is 4.43. The molecular weight excluding hydrogens is 154 g/mol. The predicted molar refractivity (Wildman–Crippen MR) is 41.2 cm³/mol. The van der Waals surface area contributed by atoms with E-state index in [2.05, 4.69) is 12.6 Å². The molecule has 9 heavy (non-hydrogen) atoms. The van der Waals surface area contributed by atoms with Crippen molar-refractivity contribution in [3.8, 4) is 6.07 Å². The first kappa shape index (κ1) is 8.60. The second kappa shape index (κ2) is 4.48. The van der Waals surface area contributed by atoms with Crippen molar-refractivity contribution in [1.29, 1.82) is 5.26 Å². The summed E-state index contributed by atoms with van der Waals surface area (Å²) >= 11 is 5.15. The highest BCUT2D eigenvalue weighted by Gasteiger charge is 1.97. The van der Waals surface area contributed by atoms with Gasteiger partial charge in [-0.25, -0.2) is 0 Å². The summed E-state index contributed by atoms with van der Waals surface area (Å²) in [5.41, 5.74) is 0.0887. The molecule has 0 spiro atoms. The van der Waals surface area contributed by atoms with Crippen LogP contribution < -0.4 is 0 Å². The van der Waals surface area contributed by atoms with Crippen molar-refractivity contribution in [2.75, 3.05) is 6.26 Å². The molecule has 0 bridgehead atoms. The van der Waals surface area contributed by atoms with Gasteiger partial charge < -0.3 is 0 Å². The minimum absolute atomic E-state index is 0.0887. The van der Waals surface area contributed by atoms with E-state index < -0.39 is 0 Å². The van der Waals surface area contributed by atoms with Crippen LogP contribution in [0.2, 0.25) is 0 Å². The molecule has 0 aromatic heterocycles. The fraction of sp³-hybridized carbons (Fsp3) is 0.200. The molecular formula is C5H5NOS2. The van der Waals surface area contributed by atoms with Crippen molar-refractivity contribution >= 4 is 30.7 Å². The Morgan fingerprint density at radius 3 is 2.56 bits per heavy atom. The van der Waals surface area contributed by atoms with Crippen molar-refractivity contribution in [2.45, 2.75) is 0 Å². The smallest absolute Gasteiger partial charge is 0.162 e. The van der Waals surface area contributed by atoms with E-state index in [1.54, 1.807) is 12.3 Å². The molecule has 0 radical (unpaired) electrons. The zero-order valence-corrected chi connectivity index (χ0v) is 6.50. The summed E-state index contributed by atoms with van der Waals surface area (Å²) in [6.07, 6.45) is 2.25. The number of hydrogen-bond donors (Lipinski definition) is 1. The van der Waals surface area contributed by atoms with Gasteiger partial charge in [0.05, 0.1) is 4.24 Å². The second-order valence-electron chi connectivity index (χ2n) is 1.15. The average molecular weight is 159 g/mol. The van der Waals surface area contributed by atoms with Gasteiger partial charge in [0.1, 0.15) is 11.6 Å². The maximum atomic E-state index is 9.99. The van der Waals surface area contributed by atoms with Gasteiger partial charge in [-0.05, 0) is 6.26 Å². The molecule has 0 saturated carbocycles. The van der Waals surface area contributed by atoms with Crippen molar-refractivity contribution < 1.29 is 4.79 Å². The Kier molecular flexibility index (Phi) is 4.28. The molecule has 0 fully saturated rings. The third-order valence-corrected chi connectivity index (χ3v) is 2.06. The molecule has 0 aliphatic heterocycles. The molecule has 0 aliphatic rings. The first-order chi connectivity index (χ1) is 4.26. The number of hydrogen-bond acceptors (Lipinski definition) is 4. The van der Waals surface area contributed by atoms with E-state index in [1.807, 2.05) is 0 Å². The van der Waals surface area contributed by atoms with E-state index in [4.69, 9.17) is 5.26 Å². The van der Waals surface area contributed by atoms with Crippen molar-refractivity contribution in [3.05, 3.63) is 9.81 Å². The lowest BCUT2D eigenvalue weighted by atomic mass is 10.4. The minimum atomic E-state index is 0.0887. The molecule has 0 N–H and O–H groups in total. The van der Waals surface area contributed by atoms with Gasteiger partial charge in [0.2, 0.25) is 0 Å². The highest BCUT2D eigenvalue weighted by molar-refractivity contribution is 8.15. The molecule has 0 heterocycles. The first-order valence-electron chi connectivity index (χ1n) is 2.08. The average Bonchev–Trinajstić information content (AvgIpc) is 1.90. The zero-order valence-electron chi connectivity index (χ0n) is 4.79. The number of aldehydes is 1. The second-order valence-corrected chi connectivity index (χ2v) is 2.72. The number of thiol groups is 1. The quantitative estimate of drug-likeness (QED) is 0.285. The van der Waals surface area contributed by atoms with E-state index in [0.29, 0.717) is 10.5 Å². The number of nitrogens with zero attached hydrogens (tertiary/aromatic N) is 1. The minimum Gasteiger partial charge on any atom is -0.297 e. The van der Waals surface area contributed by atoms with Crippen LogP contribution in [0, 0.1) is 11.3 Å². The number of carbonyl (C=O) groups is 1. The van der Waals surface area contributed by atoms with Crippen LogP contribution in [0.5, 0.6) is 0 Å². The van der Waals surface area contributed by atoms with E-state index >= 15 is 0 Å². The molecule has 0 aromatic rings. The fourth-order valence-corrected chi connectivity index (χ4v) is 0.651. The Bertz CT molecular complexity index is 180. The van der Waals surface area contributed by atoms with Crippen molar-refractivity contribution in [2.24, 2.45) is 0 Å². The Morgan fingerprint density at radius 2 is 2.44 bits per heavy atom. The summed E-state index contributed by atoms with van der Waals surface area (Å²) in [7, 11) is 0. The van der Waals surface area contributed by atoms with Crippen LogP contribution in [0.15, 0.2) is 9.81 Å². The van der Waals surface area contributed by atoms with Crippen LogP contribution in [0.25, 0.3) is 0 Å². The molecule has 0 aromatic carbocycles. The van der Waals surface area contributed by atoms with Gasteiger partial charge in [-0.15, -0.1) is 24.4 Å². The SMILES string of the molecule is CS/C(S)=C(/C#N)C=O. The number of nitriles is 1. The third kappa shape index (κ3) is 2.59. The molecule has 0 amide bonds. The van der Waals surface area contributed by atoms with Gasteiger partial charge >= 0.3 is 0 Å². The molecule has 2 nitrogen and oxygen atoms in total. The molecule has 4 heteroatoms. The standard InChI is InChI=1S/C5H5NOS2/c1-9-5(8)4(2-6)3-7/h3,8H,1H3/b5-4-. The summed E-state index contributed by atoms with van der Waals surface area (Å²) in [5.74, 6) is 0. The van der Waals surface area contributed by atoms with Crippen LogP contribution >= 0.6 is 24.4 Å². The molecule has 0 unspecified atom stereocenters.